The molecule has 2 fully saturated rings. The Labute approximate surface area is 149 Å². The van der Waals surface area contributed by atoms with Crippen molar-refractivity contribution < 1.29 is 4.79 Å². The summed E-state index contributed by atoms with van der Waals surface area (Å²) in [6, 6.07) is 5.39. The number of carbonyl (C=O) groups excluding carboxylic acids is 1. The Morgan fingerprint density at radius 2 is 1.82 bits per heavy atom. The minimum Gasteiger partial charge on any atom is -0.370 e. The van der Waals surface area contributed by atoms with Gasteiger partial charge in [0.05, 0.1) is 15.7 Å². The van der Waals surface area contributed by atoms with Crippen molar-refractivity contribution >= 4 is 63.1 Å². The monoisotopic (exact) mass is 372 g/mol. The van der Waals surface area contributed by atoms with Crippen molar-refractivity contribution in [1.82, 2.24) is 10.2 Å². The van der Waals surface area contributed by atoms with Crippen LogP contribution in [0.2, 0.25) is 10.0 Å². The van der Waals surface area contributed by atoms with E-state index in [1.807, 2.05) is 0 Å². The van der Waals surface area contributed by atoms with Crippen LogP contribution < -0.4 is 5.32 Å². The number of halogens is 2. The number of thioether (sulfide) groups is 1. The molecule has 2 saturated heterocycles. The van der Waals surface area contributed by atoms with Gasteiger partial charge in [-0.2, -0.15) is 0 Å². The van der Waals surface area contributed by atoms with Gasteiger partial charge in [-0.05, 0) is 31.4 Å². The second-order valence-electron chi connectivity index (χ2n) is 5.17. The van der Waals surface area contributed by atoms with E-state index in [1.54, 1.807) is 18.2 Å². The van der Waals surface area contributed by atoms with E-state index in [1.165, 1.54) is 18.2 Å². The molecule has 3 rings (SSSR count). The molecule has 1 aromatic rings. The lowest BCUT2D eigenvalue weighted by molar-refractivity contribution is -0.115. The molecule has 0 aromatic heterocycles. The van der Waals surface area contributed by atoms with Gasteiger partial charge in [0, 0.05) is 18.7 Å². The van der Waals surface area contributed by atoms with Crippen LogP contribution in [0.25, 0.3) is 5.70 Å². The topological polar surface area (TPSA) is 32.3 Å². The van der Waals surface area contributed by atoms with E-state index in [9.17, 15) is 4.79 Å². The zero-order valence-corrected chi connectivity index (χ0v) is 14.8. The van der Waals surface area contributed by atoms with Crippen LogP contribution in [-0.4, -0.2) is 28.2 Å². The Bertz CT molecular complexity index is 649. The quantitative estimate of drug-likeness (QED) is 0.619. The Balaban J connectivity index is 2.17. The van der Waals surface area contributed by atoms with Crippen LogP contribution >= 0.6 is 47.2 Å². The number of benzene rings is 1. The van der Waals surface area contributed by atoms with Crippen LogP contribution in [0.1, 0.15) is 24.8 Å². The molecule has 1 aromatic carbocycles. The first-order valence-corrected chi connectivity index (χ1v) is 9.03. The lowest BCUT2D eigenvalue weighted by atomic mass is 10.1. The number of piperidine rings is 1. The molecule has 7 heteroatoms. The average Bonchev–Trinajstić information content (AvgIpc) is 2.82. The summed E-state index contributed by atoms with van der Waals surface area (Å²) < 4.78 is 0.470. The Morgan fingerprint density at radius 3 is 2.36 bits per heavy atom. The van der Waals surface area contributed by atoms with Crippen LogP contribution in [0.5, 0.6) is 0 Å². The summed E-state index contributed by atoms with van der Waals surface area (Å²) in [7, 11) is 0. The van der Waals surface area contributed by atoms with Crippen molar-refractivity contribution in [3.05, 3.63) is 38.7 Å². The molecule has 0 aliphatic carbocycles. The van der Waals surface area contributed by atoms with Crippen LogP contribution in [-0.2, 0) is 4.79 Å². The first-order chi connectivity index (χ1) is 10.6. The number of thiocarbonyl (C=S) groups is 1. The average molecular weight is 373 g/mol. The highest BCUT2D eigenvalue weighted by molar-refractivity contribution is 8.26. The number of carbonyl (C=O) groups is 1. The number of rotatable bonds is 2. The van der Waals surface area contributed by atoms with Crippen molar-refractivity contribution in [2.24, 2.45) is 0 Å². The third-order valence-electron chi connectivity index (χ3n) is 3.70. The summed E-state index contributed by atoms with van der Waals surface area (Å²) in [4.78, 5) is 15.1. The maximum atomic E-state index is 12.3. The summed E-state index contributed by atoms with van der Waals surface area (Å²) >= 11 is 19.2. The molecule has 116 valence electrons. The second-order valence-corrected chi connectivity index (χ2v) is 7.67. The number of hydrogen-bond acceptors (Lipinski definition) is 4. The van der Waals surface area contributed by atoms with E-state index in [0.29, 0.717) is 19.3 Å². The van der Waals surface area contributed by atoms with Crippen molar-refractivity contribution in [3.63, 3.8) is 0 Å². The van der Waals surface area contributed by atoms with Crippen molar-refractivity contribution in [2.45, 2.75) is 19.3 Å². The van der Waals surface area contributed by atoms with Gasteiger partial charge in [-0.15, -0.1) is 0 Å². The zero-order valence-electron chi connectivity index (χ0n) is 11.7. The second kappa shape index (κ2) is 6.79. The highest BCUT2D eigenvalue weighted by Gasteiger charge is 2.31. The summed E-state index contributed by atoms with van der Waals surface area (Å²) in [6.07, 6.45) is 3.39. The molecule has 1 amide bonds. The van der Waals surface area contributed by atoms with Crippen LogP contribution in [0.3, 0.4) is 0 Å². The van der Waals surface area contributed by atoms with Crippen LogP contribution in [0.15, 0.2) is 23.1 Å². The molecule has 2 aliphatic rings. The van der Waals surface area contributed by atoms with E-state index in [4.69, 9.17) is 35.4 Å². The fourth-order valence-electron chi connectivity index (χ4n) is 2.73. The van der Waals surface area contributed by atoms with Crippen molar-refractivity contribution in [2.75, 3.05) is 13.1 Å². The minimum atomic E-state index is -0.174. The standard InChI is InChI=1S/C15H14Cl2N2OS2/c16-9-5-4-6-10(17)11(9)12(19-7-2-1-3-8-19)13-14(20)18-15(21)22-13/h4-6H,1-3,7-8H2,(H,18,20,21). The molecule has 22 heavy (non-hydrogen) atoms. The predicted octanol–water partition coefficient (Wildman–Crippen LogP) is 4.30. The Hall–Kier alpha value is -0.750. The maximum Gasteiger partial charge on any atom is 0.265 e. The normalized spacial score (nSPS) is 21.1. The summed E-state index contributed by atoms with van der Waals surface area (Å²) in [5.74, 6) is -0.174. The SMILES string of the molecule is O=C1NC(=S)SC1=C(c1c(Cl)cccc1Cl)N1CCCCC1. The van der Waals surface area contributed by atoms with Gasteiger partial charge in [0.15, 0.2) is 0 Å². The molecular formula is C15H14Cl2N2OS2. The maximum absolute atomic E-state index is 12.3. The van der Waals surface area contributed by atoms with Crippen molar-refractivity contribution in [1.29, 1.82) is 0 Å². The Morgan fingerprint density at radius 1 is 1.18 bits per heavy atom. The highest BCUT2D eigenvalue weighted by atomic mass is 35.5. The third kappa shape index (κ3) is 3.13. The summed E-state index contributed by atoms with van der Waals surface area (Å²) in [6.45, 7) is 1.78. The van der Waals surface area contributed by atoms with E-state index in [0.717, 1.165) is 37.2 Å². The van der Waals surface area contributed by atoms with Gasteiger partial charge in [-0.1, -0.05) is 53.2 Å². The molecule has 0 radical (unpaired) electrons. The predicted molar refractivity (Wildman–Crippen MR) is 97.1 cm³/mol. The molecule has 2 heterocycles. The van der Waals surface area contributed by atoms with E-state index in [2.05, 4.69) is 10.2 Å². The molecular weight excluding hydrogens is 359 g/mol. The first kappa shape index (κ1) is 16.1. The van der Waals surface area contributed by atoms with Gasteiger partial charge in [0.2, 0.25) is 0 Å². The number of nitrogens with zero attached hydrogens (tertiary/aromatic N) is 1. The van der Waals surface area contributed by atoms with E-state index < -0.39 is 0 Å². The van der Waals surface area contributed by atoms with E-state index >= 15 is 0 Å². The van der Waals surface area contributed by atoms with Gasteiger partial charge >= 0.3 is 0 Å². The lowest BCUT2D eigenvalue weighted by Gasteiger charge is -2.32. The van der Waals surface area contributed by atoms with Crippen LogP contribution in [0.4, 0.5) is 0 Å². The van der Waals surface area contributed by atoms with Gasteiger partial charge in [0.1, 0.15) is 9.23 Å². The molecule has 1 N–H and O–H groups in total. The summed E-state index contributed by atoms with van der Waals surface area (Å²) in [5, 5.41) is 3.78. The fraction of sp³-hybridized carbons (Fsp3) is 0.333. The molecule has 2 aliphatic heterocycles. The van der Waals surface area contributed by atoms with Gasteiger partial charge in [-0.3, -0.25) is 4.79 Å². The minimum absolute atomic E-state index is 0.174. The molecule has 0 atom stereocenters. The smallest absolute Gasteiger partial charge is 0.265 e. The molecule has 0 saturated carbocycles. The van der Waals surface area contributed by atoms with Crippen LogP contribution in [0, 0.1) is 0 Å². The first-order valence-electron chi connectivity index (χ1n) is 7.04. The number of hydrogen-bond donors (Lipinski definition) is 1. The lowest BCUT2D eigenvalue weighted by Crippen LogP contribution is -2.30. The fourth-order valence-corrected chi connectivity index (χ4v) is 4.45. The van der Waals surface area contributed by atoms with Gasteiger partial charge < -0.3 is 10.2 Å². The molecule has 0 bridgehead atoms. The Kier molecular flexibility index (Phi) is 4.97. The van der Waals surface area contributed by atoms with Gasteiger partial charge in [-0.25, -0.2) is 0 Å². The molecule has 0 unspecified atom stereocenters. The van der Waals surface area contributed by atoms with Gasteiger partial charge in [0.25, 0.3) is 5.91 Å². The highest BCUT2D eigenvalue weighted by Crippen LogP contribution is 2.40. The largest absolute Gasteiger partial charge is 0.370 e. The summed E-state index contributed by atoms with van der Waals surface area (Å²) in [5.41, 5.74) is 1.52. The van der Waals surface area contributed by atoms with E-state index in [-0.39, 0.29) is 5.91 Å². The number of likely N-dealkylation sites (tertiary alicyclic amines) is 1. The third-order valence-corrected chi connectivity index (χ3v) is 5.56. The number of amides is 1. The number of nitrogens with one attached hydrogen (secondary N) is 1. The molecule has 3 nitrogen and oxygen atoms in total. The molecule has 0 spiro atoms. The zero-order chi connectivity index (χ0) is 15.7. The van der Waals surface area contributed by atoms with Crippen molar-refractivity contribution in [3.8, 4) is 0 Å².